The van der Waals surface area contributed by atoms with Crippen molar-refractivity contribution >= 4 is 12.0 Å². The summed E-state index contributed by atoms with van der Waals surface area (Å²) in [7, 11) is 0. The maximum atomic E-state index is 12.6. The molecule has 2 N–H and O–H groups in total. The van der Waals surface area contributed by atoms with E-state index in [-0.39, 0.29) is 23.3 Å². The molecular formula is C22H28N2O3. The van der Waals surface area contributed by atoms with E-state index in [4.69, 9.17) is 4.74 Å². The van der Waals surface area contributed by atoms with Gasteiger partial charge in [-0.25, -0.2) is 0 Å². The van der Waals surface area contributed by atoms with Crippen molar-refractivity contribution in [2.75, 3.05) is 6.61 Å². The summed E-state index contributed by atoms with van der Waals surface area (Å²) in [6.45, 7) is 8.06. The highest BCUT2D eigenvalue weighted by Gasteiger charge is 2.24. The average Bonchev–Trinajstić information content (AvgIpc) is 2.65. The van der Waals surface area contributed by atoms with Gasteiger partial charge in [0, 0.05) is 11.6 Å². The van der Waals surface area contributed by atoms with Crippen LogP contribution in [0.5, 0.6) is 11.5 Å². The van der Waals surface area contributed by atoms with Gasteiger partial charge in [0.05, 0.1) is 6.61 Å². The zero-order valence-electron chi connectivity index (χ0n) is 16.1. The van der Waals surface area contributed by atoms with Crippen molar-refractivity contribution in [3.63, 3.8) is 0 Å². The Hall–Kier alpha value is -2.74. The third kappa shape index (κ3) is 5.37. The summed E-state index contributed by atoms with van der Waals surface area (Å²) in [5.41, 5.74) is 1.32. The lowest BCUT2D eigenvalue weighted by Gasteiger charge is -2.29. The Labute approximate surface area is 161 Å². The minimum Gasteiger partial charge on any atom is -0.504 e. The van der Waals surface area contributed by atoms with Crippen LogP contribution in [0.3, 0.4) is 0 Å². The number of hydrogen-bond donors (Lipinski definition) is 2. The van der Waals surface area contributed by atoms with E-state index in [0.29, 0.717) is 35.8 Å². The summed E-state index contributed by atoms with van der Waals surface area (Å²) in [6, 6.07) is 5.49. The van der Waals surface area contributed by atoms with E-state index in [0.717, 1.165) is 19.3 Å². The summed E-state index contributed by atoms with van der Waals surface area (Å²) >= 11 is 0. The lowest BCUT2D eigenvalue weighted by Crippen LogP contribution is -2.41. The molecule has 0 spiro atoms. The number of phenols is 1. The predicted molar refractivity (Wildman–Crippen MR) is 106 cm³/mol. The van der Waals surface area contributed by atoms with Gasteiger partial charge in [-0.15, -0.1) is 6.58 Å². The Bertz CT molecular complexity index is 762. The summed E-state index contributed by atoms with van der Waals surface area (Å²) in [6.07, 6.45) is 8.01. The minimum atomic E-state index is -0.354. The molecule has 0 heterocycles. The molecule has 1 amide bonds. The first-order valence-corrected chi connectivity index (χ1v) is 9.52. The number of ether oxygens (including phenoxy) is 1. The summed E-state index contributed by atoms with van der Waals surface area (Å²) in [5, 5.41) is 22.8. The van der Waals surface area contributed by atoms with Crippen LogP contribution in [0.4, 0.5) is 0 Å². The molecule has 5 heteroatoms. The van der Waals surface area contributed by atoms with Crippen molar-refractivity contribution in [3.05, 3.63) is 41.5 Å². The van der Waals surface area contributed by atoms with Crippen LogP contribution in [0.25, 0.3) is 6.08 Å². The molecule has 0 aliphatic heterocycles. The Morgan fingerprint density at radius 3 is 2.81 bits per heavy atom. The molecule has 1 aliphatic carbocycles. The van der Waals surface area contributed by atoms with Gasteiger partial charge in [0.15, 0.2) is 11.5 Å². The molecule has 5 nitrogen and oxygen atoms in total. The van der Waals surface area contributed by atoms with Crippen molar-refractivity contribution in [1.82, 2.24) is 5.32 Å². The summed E-state index contributed by atoms with van der Waals surface area (Å²) < 4.78 is 5.48. The molecule has 2 atom stereocenters. The van der Waals surface area contributed by atoms with Crippen LogP contribution in [0.1, 0.15) is 50.7 Å². The maximum Gasteiger partial charge on any atom is 0.262 e. The highest BCUT2D eigenvalue weighted by molar-refractivity contribution is 6.01. The van der Waals surface area contributed by atoms with E-state index in [1.165, 1.54) is 12.5 Å². The highest BCUT2D eigenvalue weighted by Crippen LogP contribution is 2.33. The number of carbonyl (C=O) groups excluding carboxylic acids is 1. The van der Waals surface area contributed by atoms with E-state index >= 15 is 0 Å². The minimum absolute atomic E-state index is 0.0467. The van der Waals surface area contributed by atoms with Crippen LogP contribution in [0.2, 0.25) is 0 Å². The Morgan fingerprint density at radius 2 is 2.19 bits per heavy atom. The van der Waals surface area contributed by atoms with Crippen LogP contribution in [-0.2, 0) is 11.2 Å². The first kappa shape index (κ1) is 20.6. The topological polar surface area (TPSA) is 82.4 Å². The Kier molecular flexibility index (Phi) is 7.48. The average molecular weight is 368 g/mol. The van der Waals surface area contributed by atoms with Gasteiger partial charge >= 0.3 is 0 Å². The molecule has 144 valence electrons. The van der Waals surface area contributed by atoms with Gasteiger partial charge in [0.2, 0.25) is 0 Å². The zero-order valence-corrected chi connectivity index (χ0v) is 16.1. The van der Waals surface area contributed by atoms with Crippen molar-refractivity contribution in [1.29, 1.82) is 5.26 Å². The van der Waals surface area contributed by atoms with Gasteiger partial charge in [-0.2, -0.15) is 5.26 Å². The molecular weight excluding hydrogens is 340 g/mol. The summed E-state index contributed by atoms with van der Waals surface area (Å²) in [5.74, 6) is 0.460. The van der Waals surface area contributed by atoms with Crippen LogP contribution >= 0.6 is 0 Å². The fraction of sp³-hybridized carbons (Fsp3) is 0.455. The number of rotatable bonds is 7. The van der Waals surface area contributed by atoms with Crippen molar-refractivity contribution < 1.29 is 14.6 Å². The predicted octanol–water partition coefficient (Wildman–Crippen LogP) is 4.12. The lowest BCUT2D eigenvalue weighted by atomic mass is 9.86. The Balaban J connectivity index is 2.28. The SMILES string of the molecule is C=CCc1cc(/C=C(\C#N)C(=O)N[C@H]2CCCC[C@H]2C)cc(OCC)c1O. The van der Waals surface area contributed by atoms with Crippen LogP contribution in [0.15, 0.2) is 30.4 Å². The molecule has 1 fully saturated rings. The van der Waals surface area contributed by atoms with E-state index in [2.05, 4.69) is 18.8 Å². The molecule has 1 aromatic rings. The first-order chi connectivity index (χ1) is 13.0. The number of allylic oxidation sites excluding steroid dienone is 1. The molecule has 0 saturated heterocycles. The van der Waals surface area contributed by atoms with Gasteiger partial charge in [0.25, 0.3) is 5.91 Å². The molecule has 1 aliphatic rings. The molecule has 0 radical (unpaired) electrons. The molecule has 27 heavy (non-hydrogen) atoms. The largest absolute Gasteiger partial charge is 0.504 e. The third-order valence-corrected chi connectivity index (χ3v) is 4.94. The first-order valence-electron chi connectivity index (χ1n) is 9.52. The second-order valence-electron chi connectivity index (χ2n) is 6.96. The lowest BCUT2D eigenvalue weighted by molar-refractivity contribution is -0.118. The third-order valence-electron chi connectivity index (χ3n) is 4.94. The molecule has 0 bridgehead atoms. The number of aromatic hydroxyl groups is 1. The van der Waals surface area contributed by atoms with Gasteiger partial charge < -0.3 is 15.2 Å². The highest BCUT2D eigenvalue weighted by atomic mass is 16.5. The zero-order chi connectivity index (χ0) is 19.8. The van der Waals surface area contributed by atoms with E-state index in [9.17, 15) is 15.2 Å². The normalized spacial score (nSPS) is 19.8. The molecule has 1 saturated carbocycles. The maximum absolute atomic E-state index is 12.6. The number of amides is 1. The number of nitriles is 1. The monoisotopic (exact) mass is 368 g/mol. The van der Waals surface area contributed by atoms with Gasteiger partial charge in [-0.3, -0.25) is 4.79 Å². The smallest absolute Gasteiger partial charge is 0.262 e. The standard InChI is InChI=1S/C22H28N2O3/c1-4-8-17-11-16(13-20(21(17)25)27-5-2)12-18(14-23)22(26)24-19-10-7-6-9-15(19)3/h4,11-13,15,19,25H,1,5-10H2,2-3H3,(H,24,26)/b18-12+/t15-,19+/m1/s1. The van der Waals surface area contributed by atoms with E-state index in [1.807, 2.05) is 13.0 Å². The molecule has 1 aromatic carbocycles. The van der Waals surface area contributed by atoms with E-state index < -0.39 is 0 Å². The second kappa shape index (κ2) is 9.82. The quantitative estimate of drug-likeness (QED) is 0.431. The fourth-order valence-electron chi connectivity index (χ4n) is 3.44. The van der Waals surface area contributed by atoms with Crippen LogP contribution in [0, 0.1) is 17.2 Å². The second-order valence-corrected chi connectivity index (χ2v) is 6.96. The van der Waals surface area contributed by atoms with E-state index in [1.54, 1.807) is 18.2 Å². The molecule has 0 aromatic heterocycles. The van der Waals surface area contributed by atoms with Crippen molar-refractivity contribution in [3.8, 4) is 17.6 Å². The van der Waals surface area contributed by atoms with Crippen LogP contribution < -0.4 is 10.1 Å². The number of phenolic OH excluding ortho intramolecular Hbond substituents is 1. The number of nitrogens with one attached hydrogen (secondary N) is 1. The van der Waals surface area contributed by atoms with Gasteiger partial charge in [-0.05, 0) is 55.9 Å². The van der Waals surface area contributed by atoms with Gasteiger partial charge in [-0.1, -0.05) is 25.8 Å². The van der Waals surface area contributed by atoms with Crippen molar-refractivity contribution in [2.45, 2.75) is 52.0 Å². The summed E-state index contributed by atoms with van der Waals surface area (Å²) in [4.78, 5) is 12.6. The Morgan fingerprint density at radius 1 is 1.44 bits per heavy atom. The number of benzene rings is 1. The molecule has 2 rings (SSSR count). The molecule has 0 unspecified atom stereocenters. The fourth-order valence-corrected chi connectivity index (χ4v) is 3.44. The van der Waals surface area contributed by atoms with Crippen LogP contribution in [-0.4, -0.2) is 23.7 Å². The number of carbonyl (C=O) groups is 1. The van der Waals surface area contributed by atoms with Gasteiger partial charge in [0.1, 0.15) is 11.6 Å². The van der Waals surface area contributed by atoms with Crippen molar-refractivity contribution in [2.24, 2.45) is 5.92 Å². The number of hydrogen-bond acceptors (Lipinski definition) is 4. The number of nitrogens with zero attached hydrogens (tertiary/aromatic N) is 1.